The van der Waals surface area contributed by atoms with Crippen LogP contribution in [-0.4, -0.2) is 10.5 Å². The zero-order valence-electron chi connectivity index (χ0n) is 16.7. The van der Waals surface area contributed by atoms with Gasteiger partial charge < -0.3 is 10.3 Å². The first-order chi connectivity index (χ1) is 15.4. The van der Waals surface area contributed by atoms with Gasteiger partial charge in [-0.05, 0) is 88.3 Å². The molecule has 1 heterocycles. The van der Waals surface area contributed by atoms with Gasteiger partial charge in [-0.3, -0.25) is 4.79 Å². The highest BCUT2D eigenvalue weighted by Gasteiger charge is 2.18. The molecule has 0 saturated heterocycles. The first kappa shape index (κ1) is 21.3. The molecule has 5 rings (SSSR count). The van der Waals surface area contributed by atoms with Gasteiger partial charge in [0, 0.05) is 42.1 Å². The predicted molar refractivity (Wildman–Crippen MR) is 141 cm³/mol. The lowest BCUT2D eigenvalue weighted by atomic mass is 10.0. The first-order valence-electron chi connectivity index (χ1n) is 9.88. The highest BCUT2D eigenvalue weighted by atomic mass is 127. The number of carbonyl (C=O) groups is 1. The summed E-state index contributed by atoms with van der Waals surface area (Å²) in [6.07, 6.45) is 0. The molecule has 1 aromatic heterocycles. The van der Waals surface area contributed by atoms with Crippen LogP contribution >= 0.6 is 45.8 Å². The zero-order valence-corrected chi connectivity index (χ0v) is 20.4. The van der Waals surface area contributed by atoms with E-state index in [2.05, 4.69) is 57.5 Å². The van der Waals surface area contributed by atoms with Gasteiger partial charge in [-0.2, -0.15) is 0 Å². The molecule has 0 aliphatic rings. The van der Waals surface area contributed by atoms with Crippen LogP contribution in [0.25, 0.3) is 32.9 Å². The van der Waals surface area contributed by atoms with E-state index in [1.165, 1.54) is 3.57 Å². The minimum Gasteiger partial charge on any atom is -0.366 e. The third-order valence-electron chi connectivity index (χ3n) is 5.53. The average Bonchev–Trinajstić information content (AvgIpc) is 3.07. The number of benzene rings is 4. The van der Waals surface area contributed by atoms with Gasteiger partial charge in [-0.15, -0.1) is 0 Å². The van der Waals surface area contributed by atoms with E-state index in [1.807, 2.05) is 36.4 Å². The van der Waals surface area contributed by atoms with Gasteiger partial charge in [0.2, 0.25) is 5.91 Å². The summed E-state index contributed by atoms with van der Waals surface area (Å²) in [5.41, 5.74) is 11.0. The number of carbonyl (C=O) groups excluding carboxylic acids is 1. The molecule has 0 saturated carbocycles. The number of primary amides is 1. The highest BCUT2D eigenvalue weighted by Crippen LogP contribution is 2.37. The van der Waals surface area contributed by atoms with Crippen molar-refractivity contribution in [1.29, 1.82) is 0 Å². The Morgan fingerprint density at radius 2 is 1.81 bits per heavy atom. The highest BCUT2D eigenvalue weighted by molar-refractivity contribution is 14.1. The van der Waals surface area contributed by atoms with Crippen molar-refractivity contribution in [2.75, 3.05) is 0 Å². The fourth-order valence-corrected chi connectivity index (χ4v) is 5.25. The Morgan fingerprint density at radius 3 is 2.56 bits per heavy atom. The third-order valence-corrected chi connectivity index (χ3v) is 6.75. The molecule has 0 aliphatic carbocycles. The molecule has 5 aromatic rings. The van der Waals surface area contributed by atoms with E-state index in [1.54, 1.807) is 12.1 Å². The van der Waals surface area contributed by atoms with Gasteiger partial charge in [0.1, 0.15) is 0 Å². The molecular weight excluding hydrogens is 554 g/mol. The number of nitrogens with zero attached hydrogens (tertiary/aromatic N) is 1. The van der Waals surface area contributed by atoms with Gasteiger partial charge >= 0.3 is 0 Å². The van der Waals surface area contributed by atoms with E-state index in [4.69, 9.17) is 28.9 Å². The SMILES string of the molecule is NC(=O)c1cccc2c1c1[c]cc(-c3ccc(Cl)cc3Cl)cc1n2Cc1cccc(I)c1. The maximum atomic E-state index is 12.2. The number of aromatic nitrogens is 1. The monoisotopic (exact) mass is 569 g/mol. The van der Waals surface area contributed by atoms with Crippen molar-refractivity contribution in [1.82, 2.24) is 4.57 Å². The zero-order chi connectivity index (χ0) is 22.4. The van der Waals surface area contributed by atoms with E-state index in [9.17, 15) is 4.79 Å². The van der Waals surface area contributed by atoms with E-state index in [0.29, 0.717) is 22.2 Å². The summed E-state index contributed by atoms with van der Waals surface area (Å²) in [6, 6.07) is 26.8. The number of fused-ring (bicyclic) bond motifs is 3. The summed E-state index contributed by atoms with van der Waals surface area (Å²) in [5.74, 6) is -0.456. The summed E-state index contributed by atoms with van der Waals surface area (Å²) in [4.78, 5) is 12.2. The molecule has 1 radical (unpaired) electrons. The summed E-state index contributed by atoms with van der Waals surface area (Å²) < 4.78 is 3.37. The second-order valence-corrected chi connectivity index (χ2v) is 9.64. The molecule has 1 amide bonds. The van der Waals surface area contributed by atoms with Crippen molar-refractivity contribution in [3.63, 3.8) is 0 Å². The molecule has 157 valence electrons. The molecule has 32 heavy (non-hydrogen) atoms. The van der Waals surface area contributed by atoms with Crippen molar-refractivity contribution in [3.05, 3.63) is 104 Å². The Labute approximate surface area is 208 Å². The Kier molecular flexibility index (Phi) is 5.61. The molecular formula is C26H16Cl2IN2O. The lowest BCUT2D eigenvalue weighted by Gasteiger charge is -2.10. The summed E-state index contributed by atoms with van der Waals surface area (Å²) in [5, 5.41) is 2.83. The van der Waals surface area contributed by atoms with E-state index in [-0.39, 0.29) is 0 Å². The number of hydrogen-bond donors (Lipinski definition) is 1. The van der Waals surface area contributed by atoms with Crippen molar-refractivity contribution < 1.29 is 4.79 Å². The number of amides is 1. The molecule has 0 fully saturated rings. The number of hydrogen-bond acceptors (Lipinski definition) is 1. The second-order valence-electron chi connectivity index (χ2n) is 7.55. The van der Waals surface area contributed by atoms with Gasteiger partial charge in [0.15, 0.2) is 0 Å². The molecule has 0 bridgehead atoms. The van der Waals surface area contributed by atoms with Crippen molar-refractivity contribution in [3.8, 4) is 11.1 Å². The predicted octanol–water partition coefficient (Wildman–Crippen LogP) is 7.32. The fraction of sp³-hybridized carbons (Fsp3) is 0.0385. The van der Waals surface area contributed by atoms with E-state index >= 15 is 0 Å². The molecule has 0 unspecified atom stereocenters. The standard InChI is InChI=1S/C26H16Cl2IN2O/c27-17-8-10-19(22(28)13-17)16-7-9-20-24(12-16)31(14-15-3-1-4-18(29)11-15)23-6-2-5-21(25(20)23)26(30)32/h1-8,10-13H,14H2,(H2,30,32). The average molecular weight is 570 g/mol. The van der Waals surface area contributed by atoms with Crippen molar-refractivity contribution >= 4 is 73.5 Å². The first-order valence-corrected chi connectivity index (χ1v) is 11.7. The molecule has 6 heteroatoms. The van der Waals surface area contributed by atoms with Crippen molar-refractivity contribution in [2.24, 2.45) is 5.73 Å². The summed E-state index contributed by atoms with van der Waals surface area (Å²) in [6.45, 7) is 0.644. The fourth-order valence-electron chi connectivity index (χ4n) is 4.13. The molecule has 4 aromatic carbocycles. The van der Waals surface area contributed by atoms with Crippen LogP contribution in [0.2, 0.25) is 10.0 Å². The number of rotatable bonds is 4. The molecule has 2 N–H and O–H groups in total. The van der Waals surface area contributed by atoms with Gasteiger partial charge in [0.25, 0.3) is 0 Å². The molecule has 0 atom stereocenters. The van der Waals surface area contributed by atoms with Crippen LogP contribution in [0.3, 0.4) is 0 Å². The minimum atomic E-state index is -0.456. The quantitative estimate of drug-likeness (QED) is 0.226. The lowest BCUT2D eigenvalue weighted by molar-refractivity contribution is 0.100. The van der Waals surface area contributed by atoms with Crippen LogP contribution in [0.4, 0.5) is 0 Å². The Hall–Kier alpha value is -2.54. The summed E-state index contributed by atoms with van der Waals surface area (Å²) >= 11 is 14.9. The largest absolute Gasteiger partial charge is 0.366 e. The van der Waals surface area contributed by atoms with Crippen LogP contribution in [0.5, 0.6) is 0 Å². The molecule has 0 spiro atoms. The Morgan fingerprint density at radius 1 is 1.00 bits per heavy atom. The van der Waals surface area contributed by atoms with Gasteiger partial charge in [0.05, 0.1) is 11.0 Å². The molecule has 0 aliphatic heterocycles. The van der Waals surface area contributed by atoms with Gasteiger partial charge in [-0.25, -0.2) is 0 Å². The second kappa shape index (κ2) is 8.43. The number of nitrogens with two attached hydrogens (primary N) is 1. The lowest BCUT2D eigenvalue weighted by Crippen LogP contribution is -2.11. The van der Waals surface area contributed by atoms with Crippen LogP contribution in [0.1, 0.15) is 15.9 Å². The molecule has 3 nitrogen and oxygen atoms in total. The maximum absolute atomic E-state index is 12.2. The third kappa shape index (κ3) is 3.76. The number of halogens is 3. The van der Waals surface area contributed by atoms with E-state index < -0.39 is 5.91 Å². The van der Waals surface area contributed by atoms with Gasteiger partial charge in [-0.1, -0.05) is 47.5 Å². The van der Waals surface area contributed by atoms with Crippen LogP contribution in [-0.2, 0) is 6.54 Å². The minimum absolute atomic E-state index is 0.456. The Balaban J connectivity index is 1.81. The smallest absolute Gasteiger partial charge is 0.249 e. The van der Waals surface area contributed by atoms with Crippen LogP contribution < -0.4 is 5.73 Å². The normalized spacial score (nSPS) is 11.3. The van der Waals surface area contributed by atoms with Crippen LogP contribution in [0.15, 0.2) is 72.8 Å². The Bertz CT molecular complexity index is 1520. The van der Waals surface area contributed by atoms with Crippen LogP contribution in [0, 0.1) is 9.64 Å². The summed E-state index contributed by atoms with van der Waals surface area (Å²) in [7, 11) is 0. The maximum Gasteiger partial charge on any atom is 0.249 e. The topological polar surface area (TPSA) is 48.0 Å². The van der Waals surface area contributed by atoms with Crippen molar-refractivity contribution in [2.45, 2.75) is 6.54 Å². The van der Waals surface area contributed by atoms with E-state index in [0.717, 1.165) is 38.5 Å².